The molecule has 204 valence electrons. The normalized spacial score (nSPS) is 32.9. The average Bonchev–Trinajstić information content (AvgIpc) is 2.68. The van der Waals surface area contributed by atoms with E-state index in [1.807, 2.05) is 0 Å². The highest BCUT2D eigenvalue weighted by Gasteiger charge is 2.38. The van der Waals surface area contributed by atoms with Gasteiger partial charge in [0.25, 0.3) is 0 Å². The zero-order valence-electron chi connectivity index (χ0n) is 18.8. The molecule has 0 aliphatic carbocycles. The lowest BCUT2D eigenvalue weighted by Gasteiger charge is -2.48. The summed E-state index contributed by atoms with van der Waals surface area (Å²) in [7, 11) is -7.41. The second kappa shape index (κ2) is 11.1. The molecule has 0 aromatic heterocycles. The van der Waals surface area contributed by atoms with Crippen LogP contribution in [0.3, 0.4) is 0 Å². The van der Waals surface area contributed by atoms with Gasteiger partial charge in [0.2, 0.25) is 0 Å². The predicted octanol–water partition coefficient (Wildman–Crippen LogP) is -0.373. The first-order chi connectivity index (χ1) is 15.1. The maximum absolute atomic E-state index is 10.7. The maximum Gasteiger partial charge on any atom is 0.485 e. The van der Waals surface area contributed by atoms with Gasteiger partial charge in [-0.15, -0.1) is 0 Å². The number of fused-ring (bicyclic) bond motifs is 6. The fourth-order valence-electron chi connectivity index (χ4n) is 3.64. The lowest BCUT2D eigenvalue weighted by atomic mass is 10.2. The highest BCUT2D eigenvalue weighted by Crippen LogP contribution is 2.21. The number of hydrogen-bond acceptors (Lipinski definition) is 8. The lowest BCUT2D eigenvalue weighted by molar-refractivity contribution is -0.922. The van der Waals surface area contributed by atoms with Crippen molar-refractivity contribution in [1.29, 1.82) is 0 Å². The van der Waals surface area contributed by atoms with Gasteiger partial charge in [-0.25, -0.2) is 16.8 Å². The minimum absolute atomic E-state index is 1.34. The molecule has 18 heteroatoms. The van der Waals surface area contributed by atoms with E-state index in [-0.39, 0.29) is 0 Å². The second-order valence-electron chi connectivity index (χ2n) is 9.06. The van der Waals surface area contributed by atoms with Crippen LogP contribution in [-0.4, -0.2) is 148 Å². The van der Waals surface area contributed by atoms with E-state index in [2.05, 4.69) is 23.9 Å². The van der Waals surface area contributed by atoms with Crippen LogP contribution in [0.15, 0.2) is 0 Å². The molecule has 0 saturated carbocycles. The van der Waals surface area contributed by atoms with Gasteiger partial charge in [-0.05, 0) is 0 Å². The molecule has 6 saturated heterocycles. The molecule has 0 aromatic rings. The summed E-state index contributed by atoms with van der Waals surface area (Å²) >= 11 is 0. The number of halogens is 6. The van der Waals surface area contributed by atoms with Gasteiger partial charge in [0.05, 0.1) is 53.4 Å². The summed E-state index contributed by atoms with van der Waals surface area (Å²) in [5.41, 5.74) is -11.3. The largest absolute Gasteiger partial charge is 0.741 e. The van der Waals surface area contributed by atoms with Gasteiger partial charge in [0.15, 0.2) is 20.2 Å². The van der Waals surface area contributed by atoms with Crippen LogP contribution in [0.25, 0.3) is 0 Å². The number of piperazine rings is 6. The Morgan fingerprint density at radius 3 is 0.765 bits per heavy atom. The van der Waals surface area contributed by atoms with E-state index < -0.39 is 31.3 Å². The Morgan fingerprint density at radius 1 is 0.559 bits per heavy atom. The van der Waals surface area contributed by atoms with Crippen molar-refractivity contribution >= 4 is 20.2 Å². The quantitative estimate of drug-likeness (QED) is 0.173. The number of quaternary nitrogens is 2. The Hall–Kier alpha value is -0.760. The molecule has 6 heterocycles. The number of hydrogen-bond donors (Lipinski definition) is 0. The van der Waals surface area contributed by atoms with Crippen LogP contribution in [0.5, 0.6) is 0 Å². The monoisotopic (exact) mass is 552 g/mol. The molecular weight excluding hydrogens is 522 g/mol. The van der Waals surface area contributed by atoms with E-state index in [1.165, 1.54) is 87.5 Å². The smallest absolute Gasteiger partial charge is 0.485 e. The van der Waals surface area contributed by atoms with E-state index in [1.54, 1.807) is 0 Å². The molecule has 0 amide bonds. The SMILES string of the molecule is C[N+]12CCN(CC1)CC2.C[N+]12CCN(CC1)CC2.O=S(=O)([O-])C(F)(F)F.O=S(=O)([O-])C(F)(F)F. The zero-order valence-corrected chi connectivity index (χ0v) is 20.4. The highest BCUT2D eigenvalue weighted by molar-refractivity contribution is 7.86. The fraction of sp³-hybridized carbons (Fsp3) is 1.00. The first kappa shape index (κ1) is 31.3. The molecule has 34 heavy (non-hydrogen) atoms. The van der Waals surface area contributed by atoms with Crippen LogP contribution in [0.4, 0.5) is 26.3 Å². The average molecular weight is 553 g/mol. The van der Waals surface area contributed by atoms with Crippen molar-refractivity contribution in [3.63, 3.8) is 0 Å². The molecule has 0 atom stereocenters. The Bertz CT molecular complexity index is 766. The summed E-state index contributed by atoms with van der Waals surface area (Å²) in [6.07, 6.45) is 0. The molecule has 6 aliphatic rings. The second-order valence-corrected chi connectivity index (χ2v) is 11.8. The van der Waals surface area contributed by atoms with Gasteiger partial charge in [-0.3, -0.25) is 9.80 Å². The Labute approximate surface area is 195 Å². The molecule has 10 nitrogen and oxygen atoms in total. The summed E-state index contributed by atoms with van der Waals surface area (Å²) in [5, 5.41) is 0. The summed E-state index contributed by atoms with van der Waals surface area (Å²) < 4.78 is 120. The van der Waals surface area contributed by atoms with Crippen LogP contribution in [0.2, 0.25) is 0 Å². The van der Waals surface area contributed by atoms with E-state index in [0.29, 0.717) is 0 Å². The molecule has 0 spiro atoms. The van der Waals surface area contributed by atoms with E-state index in [4.69, 9.17) is 25.9 Å². The Morgan fingerprint density at radius 2 is 0.706 bits per heavy atom. The molecular formula is C16H30F6N4O6S2. The van der Waals surface area contributed by atoms with Crippen LogP contribution in [0, 0.1) is 0 Å². The molecule has 0 N–H and O–H groups in total. The third-order valence-electron chi connectivity index (χ3n) is 6.30. The minimum atomic E-state index is -6.09. The number of nitrogens with zero attached hydrogens (tertiary/aromatic N) is 4. The Balaban J connectivity index is 0.000000228. The van der Waals surface area contributed by atoms with E-state index in [9.17, 15) is 26.3 Å². The van der Waals surface area contributed by atoms with E-state index >= 15 is 0 Å². The fourth-order valence-corrected chi connectivity index (χ4v) is 3.64. The summed E-state index contributed by atoms with van der Waals surface area (Å²) in [5.74, 6) is 0. The van der Waals surface area contributed by atoms with Gasteiger partial charge in [0, 0.05) is 39.3 Å². The summed E-state index contributed by atoms with van der Waals surface area (Å²) in [6, 6.07) is 0. The predicted molar refractivity (Wildman–Crippen MR) is 106 cm³/mol. The third kappa shape index (κ3) is 10.1. The van der Waals surface area contributed by atoms with Crippen LogP contribution in [-0.2, 0) is 20.2 Å². The van der Waals surface area contributed by atoms with Gasteiger partial charge in [0.1, 0.15) is 0 Å². The Kier molecular flexibility index (Phi) is 10.2. The third-order valence-corrected chi connectivity index (χ3v) is 7.44. The number of rotatable bonds is 0. The molecule has 6 rings (SSSR count). The van der Waals surface area contributed by atoms with Crippen LogP contribution >= 0.6 is 0 Å². The minimum Gasteiger partial charge on any atom is -0.741 e. The first-order valence-corrected chi connectivity index (χ1v) is 13.0. The van der Waals surface area contributed by atoms with Crippen molar-refractivity contribution in [3.8, 4) is 0 Å². The lowest BCUT2D eigenvalue weighted by Crippen LogP contribution is -2.65. The molecule has 0 aromatic carbocycles. The van der Waals surface area contributed by atoms with Crippen molar-refractivity contribution in [1.82, 2.24) is 9.80 Å². The van der Waals surface area contributed by atoms with Crippen molar-refractivity contribution in [2.75, 3.05) is 92.6 Å². The summed E-state index contributed by atoms with van der Waals surface area (Å²) in [6.45, 7) is 16.4. The summed E-state index contributed by atoms with van der Waals surface area (Å²) in [4.78, 5) is 5.15. The number of likely N-dealkylation sites (N-methyl/N-ethyl adjacent to an activating group) is 2. The van der Waals surface area contributed by atoms with Crippen LogP contribution < -0.4 is 0 Å². The highest BCUT2D eigenvalue weighted by atomic mass is 32.2. The van der Waals surface area contributed by atoms with Gasteiger partial charge in [-0.2, -0.15) is 26.3 Å². The van der Waals surface area contributed by atoms with Crippen molar-refractivity contribution in [2.45, 2.75) is 11.0 Å². The van der Waals surface area contributed by atoms with Crippen molar-refractivity contribution < 1.29 is 61.2 Å². The molecule has 4 bridgehead atoms. The maximum atomic E-state index is 10.7. The standard InChI is InChI=1S/2C7H15N2.2CHF3O3S/c2*1-9-5-2-8(3-6-9)4-7-9;2*2-1(3,4)8(5,6)7/h2*2-7H2,1H3;2*(H,5,6,7)/q2*+1;;/p-2. The topological polar surface area (TPSA) is 121 Å². The van der Waals surface area contributed by atoms with Gasteiger partial charge >= 0.3 is 11.0 Å². The van der Waals surface area contributed by atoms with Crippen LogP contribution in [0.1, 0.15) is 0 Å². The molecule has 0 radical (unpaired) electrons. The van der Waals surface area contributed by atoms with Gasteiger partial charge in [-0.1, -0.05) is 0 Å². The molecule has 0 unspecified atom stereocenters. The van der Waals surface area contributed by atoms with Crippen molar-refractivity contribution in [3.05, 3.63) is 0 Å². The molecule has 6 fully saturated rings. The van der Waals surface area contributed by atoms with Crippen molar-refractivity contribution in [2.24, 2.45) is 0 Å². The van der Waals surface area contributed by atoms with Gasteiger partial charge < -0.3 is 18.1 Å². The zero-order chi connectivity index (χ0) is 26.6. The molecule has 6 aliphatic heterocycles. The van der Waals surface area contributed by atoms with E-state index in [0.717, 1.165) is 0 Å². The number of alkyl halides is 6. The first-order valence-electron chi connectivity index (χ1n) is 10.2.